The van der Waals surface area contributed by atoms with Crippen molar-refractivity contribution in [2.45, 2.75) is 12.8 Å². The average Bonchev–Trinajstić information content (AvgIpc) is 2.08. The second kappa shape index (κ2) is 3.57. The van der Waals surface area contributed by atoms with Crippen molar-refractivity contribution in [2.24, 2.45) is 0 Å². The molecule has 1 nitrogen and oxygen atoms in total. The predicted octanol–water partition coefficient (Wildman–Crippen LogP) is 0.809. The normalized spacial score (nSPS) is 14.2. The van der Waals surface area contributed by atoms with E-state index in [-0.39, 0.29) is 0 Å². The van der Waals surface area contributed by atoms with Gasteiger partial charge in [0.05, 0.1) is 6.61 Å². The molecule has 62 valence electrons. The number of fused-ring (bicyclic) bond motifs is 1. The number of hydrogen-bond acceptors (Lipinski definition) is 1. The van der Waals surface area contributed by atoms with Crippen LogP contribution >= 0.6 is 0 Å². The molecule has 0 unspecified atom stereocenters. The molecule has 1 aliphatic heterocycles. The van der Waals surface area contributed by atoms with Gasteiger partial charge in [0, 0.05) is 18.4 Å². The first-order valence-corrected chi connectivity index (χ1v) is 4.33. The Labute approximate surface area is 79.5 Å². The van der Waals surface area contributed by atoms with Gasteiger partial charge in [-0.25, -0.2) is 0 Å². The highest BCUT2D eigenvalue weighted by Crippen LogP contribution is 2.18. The first-order chi connectivity index (χ1) is 6.36. The van der Waals surface area contributed by atoms with Gasteiger partial charge in [-0.15, -0.1) is 0 Å². The molecule has 0 saturated heterocycles. The van der Waals surface area contributed by atoms with Gasteiger partial charge >= 0.3 is 0 Å². The smallest absolute Gasteiger partial charge is 0.123 e. The monoisotopic (exact) mass is 168 g/mol. The van der Waals surface area contributed by atoms with Crippen molar-refractivity contribution >= 4 is 13.3 Å². The van der Waals surface area contributed by atoms with Gasteiger partial charge in [0.15, 0.2) is 0 Å². The lowest BCUT2D eigenvalue weighted by molar-refractivity contribution is 0.323. The topological polar surface area (TPSA) is 9.23 Å². The summed E-state index contributed by atoms with van der Waals surface area (Å²) in [5.41, 5.74) is 1.86. The van der Waals surface area contributed by atoms with E-state index in [0.717, 1.165) is 29.6 Å². The van der Waals surface area contributed by atoms with Gasteiger partial charge in [0.25, 0.3) is 0 Å². The lowest BCUT2D eigenvalue weighted by Gasteiger charge is -2.11. The fourth-order valence-corrected chi connectivity index (χ4v) is 1.34. The lowest BCUT2D eigenvalue weighted by atomic mass is 9.93. The highest BCUT2D eigenvalue weighted by molar-refractivity contribution is 6.32. The third kappa shape index (κ3) is 1.87. The van der Waals surface area contributed by atoms with Gasteiger partial charge < -0.3 is 4.74 Å². The second-order valence-corrected chi connectivity index (χ2v) is 3.00. The van der Waals surface area contributed by atoms with E-state index in [4.69, 9.17) is 12.6 Å². The van der Waals surface area contributed by atoms with Gasteiger partial charge in [0.2, 0.25) is 0 Å². The van der Waals surface area contributed by atoms with Crippen LogP contribution in [0.3, 0.4) is 0 Å². The molecular formula is C11H9BO. The summed E-state index contributed by atoms with van der Waals surface area (Å²) in [5.74, 6) is 7.04. The van der Waals surface area contributed by atoms with Gasteiger partial charge in [0.1, 0.15) is 13.6 Å². The van der Waals surface area contributed by atoms with E-state index in [0.29, 0.717) is 6.61 Å². The van der Waals surface area contributed by atoms with Gasteiger partial charge in [-0.05, 0) is 6.07 Å². The summed E-state index contributed by atoms with van der Waals surface area (Å²) in [7, 11) is 5.67. The van der Waals surface area contributed by atoms with E-state index in [1.807, 2.05) is 18.2 Å². The summed E-state index contributed by atoms with van der Waals surface area (Å²) in [6.07, 6.45) is 1.55. The Morgan fingerprint density at radius 2 is 2.23 bits per heavy atom. The van der Waals surface area contributed by atoms with Crippen molar-refractivity contribution in [1.29, 1.82) is 0 Å². The maximum Gasteiger partial charge on any atom is 0.123 e. The third-order valence-electron chi connectivity index (χ3n) is 1.97. The van der Waals surface area contributed by atoms with E-state index >= 15 is 0 Å². The lowest BCUT2D eigenvalue weighted by Crippen LogP contribution is -2.07. The highest BCUT2D eigenvalue weighted by atomic mass is 16.5. The summed E-state index contributed by atoms with van der Waals surface area (Å²) in [4.78, 5) is 0. The molecule has 13 heavy (non-hydrogen) atoms. The number of ether oxygens (including phenoxy) is 1. The molecule has 0 bridgehead atoms. The molecule has 0 aromatic heterocycles. The molecule has 0 N–H and O–H groups in total. The zero-order chi connectivity index (χ0) is 9.10. The van der Waals surface area contributed by atoms with E-state index < -0.39 is 0 Å². The Hall–Kier alpha value is -1.36. The number of hydrogen-bond donors (Lipinski definition) is 0. The molecule has 1 aromatic carbocycles. The van der Waals surface area contributed by atoms with Crippen LogP contribution in [-0.2, 0) is 6.42 Å². The van der Waals surface area contributed by atoms with Crippen molar-refractivity contribution in [1.82, 2.24) is 0 Å². The molecule has 2 radical (unpaired) electrons. The summed E-state index contributed by atoms with van der Waals surface area (Å²) < 4.78 is 5.53. The van der Waals surface area contributed by atoms with Crippen LogP contribution in [-0.4, -0.2) is 14.5 Å². The molecule has 0 spiro atoms. The van der Waals surface area contributed by atoms with Crippen molar-refractivity contribution in [3.05, 3.63) is 23.8 Å². The van der Waals surface area contributed by atoms with E-state index in [9.17, 15) is 0 Å². The van der Waals surface area contributed by atoms with Crippen LogP contribution in [0.5, 0.6) is 5.75 Å². The first-order valence-electron chi connectivity index (χ1n) is 4.33. The van der Waals surface area contributed by atoms with Crippen LogP contribution < -0.4 is 10.2 Å². The average molecular weight is 168 g/mol. The fraction of sp³-hybridized carbons (Fsp3) is 0.273. The van der Waals surface area contributed by atoms with E-state index in [1.54, 1.807) is 0 Å². The Kier molecular flexibility index (Phi) is 2.27. The van der Waals surface area contributed by atoms with Crippen LogP contribution in [0.1, 0.15) is 12.0 Å². The molecule has 1 aliphatic rings. The molecule has 0 fully saturated rings. The molecule has 2 rings (SSSR count). The van der Waals surface area contributed by atoms with E-state index in [1.165, 1.54) is 0 Å². The Morgan fingerprint density at radius 3 is 3.15 bits per heavy atom. The quantitative estimate of drug-likeness (QED) is 0.411. The minimum absolute atomic E-state index is 0.671. The summed E-state index contributed by atoms with van der Waals surface area (Å²) >= 11 is 0. The molecule has 2 heteroatoms. The van der Waals surface area contributed by atoms with Crippen LogP contribution in [0.25, 0.3) is 0 Å². The van der Waals surface area contributed by atoms with Gasteiger partial charge in [-0.1, -0.05) is 29.4 Å². The number of benzene rings is 1. The summed E-state index contributed by atoms with van der Waals surface area (Å²) in [6.45, 7) is 0.671. The number of rotatable bonds is 0. The predicted molar refractivity (Wildman–Crippen MR) is 53.4 cm³/mol. The Balaban J connectivity index is 2.39. The SMILES string of the molecule is [B]c1ccc2c(c1)CC#CCCO2. The fourth-order valence-electron chi connectivity index (χ4n) is 1.34. The van der Waals surface area contributed by atoms with Crippen molar-refractivity contribution < 1.29 is 4.74 Å². The standard InChI is InChI=1S/C11H9BO/c12-10-5-6-11-9(8-10)4-2-1-3-7-13-11/h5-6,8H,3-4,7H2. The minimum atomic E-state index is 0.671. The molecule has 0 atom stereocenters. The highest BCUT2D eigenvalue weighted by Gasteiger charge is 2.03. The van der Waals surface area contributed by atoms with E-state index in [2.05, 4.69) is 11.8 Å². The largest absolute Gasteiger partial charge is 0.492 e. The second-order valence-electron chi connectivity index (χ2n) is 3.00. The van der Waals surface area contributed by atoms with Crippen LogP contribution in [0, 0.1) is 11.8 Å². The molecule has 0 amide bonds. The molecule has 0 aliphatic carbocycles. The van der Waals surface area contributed by atoms with Crippen molar-refractivity contribution in [3.63, 3.8) is 0 Å². The minimum Gasteiger partial charge on any atom is -0.492 e. The Bertz CT molecular complexity index is 373. The first kappa shape index (κ1) is 8.25. The summed E-state index contributed by atoms with van der Waals surface area (Å²) in [5, 5.41) is 0. The zero-order valence-corrected chi connectivity index (χ0v) is 7.34. The third-order valence-corrected chi connectivity index (χ3v) is 1.97. The maximum absolute atomic E-state index is 5.67. The van der Waals surface area contributed by atoms with Crippen molar-refractivity contribution in [2.75, 3.05) is 6.61 Å². The van der Waals surface area contributed by atoms with Gasteiger partial charge in [-0.3, -0.25) is 0 Å². The van der Waals surface area contributed by atoms with Crippen LogP contribution in [0.2, 0.25) is 0 Å². The van der Waals surface area contributed by atoms with Crippen molar-refractivity contribution in [3.8, 4) is 17.6 Å². The molecule has 1 aromatic rings. The summed E-state index contributed by atoms with van der Waals surface area (Å²) in [6, 6.07) is 5.70. The zero-order valence-electron chi connectivity index (χ0n) is 7.34. The van der Waals surface area contributed by atoms with Crippen LogP contribution in [0.15, 0.2) is 18.2 Å². The molecule has 1 heterocycles. The van der Waals surface area contributed by atoms with Gasteiger partial charge in [-0.2, -0.15) is 0 Å². The van der Waals surface area contributed by atoms with Crippen LogP contribution in [0.4, 0.5) is 0 Å². The maximum atomic E-state index is 5.67. The molecule has 0 saturated carbocycles. The Morgan fingerprint density at radius 1 is 1.31 bits per heavy atom. The molecular weight excluding hydrogens is 159 g/mol.